The molecule has 1 atom stereocenters. The zero-order valence-electron chi connectivity index (χ0n) is 14.7. The fourth-order valence-electron chi connectivity index (χ4n) is 3.36. The van der Waals surface area contributed by atoms with E-state index in [9.17, 15) is 28.3 Å². The van der Waals surface area contributed by atoms with E-state index < -0.39 is 51.4 Å². The maximum absolute atomic E-state index is 14.0. The fourth-order valence-corrected chi connectivity index (χ4v) is 3.55. The molecule has 2 aliphatic rings. The van der Waals surface area contributed by atoms with Crippen molar-refractivity contribution in [2.75, 3.05) is 13.2 Å². The van der Waals surface area contributed by atoms with Crippen LogP contribution in [0.15, 0.2) is 23.1 Å². The molecule has 0 bridgehead atoms. The summed E-state index contributed by atoms with van der Waals surface area (Å²) in [6.45, 7) is 0.433. The third-order valence-electron chi connectivity index (χ3n) is 4.86. The lowest BCUT2D eigenvalue weighted by Gasteiger charge is -2.31. The van der Waals surface area contributed by atoms with Gasteiger partial charge in [-0.15, -0.1) is 0 Å². The van der Waals surface area contributed by atoms with Crippen molar-refractivity contribution in [3.8, 4) is 5.75 Å². The highest BCUT2D eigenvalue weighted by Gasteiger charge is 2.39. The summed E-state index contributed by atoms with van der Waals surface area (Å²) in [5.41, 5.74) is -1.76. The quantitative estimate of drug-likeness (QED) is 0.720. The number of ether oxygens (including phenoxy) is 1. The molecule has 0 radical (unpaired) electrons. The molecule has 1 aromatic carbocycles. The van der Waals surface area contributed by atoms with E-state index in [-0.39, 0.29) is 24.3 Å². The average Bonchev–Trinajstić information content (AvgIpc) is 3.17. The summed E-state index contributed by atoms with van der Waals surface area (Å²) in [6, 6.07) is 2.06. The number of fused-ring (bicyclic) bond motifs is 2. The number of carbonyl (C=O) groups is 2. The Morgan fingerprint density at radius 1 is 1.34 bits per heavy atom. The number of amides is 2. The highest BCUT2D eigenvalue weighted by molar-refractivity contribution is 6.30. The highest BCUT2D eigenvalue weighted by Crippen LogP contribution is 2.26. The van der Waals surface area contributed by atoms with E-state index in [4.69, 9.17) is 16.3 Å². The van der Waals surface area contributed by atoms with E-state index in [1.165, 1.54) is 9.47 Å². The van der Waals surface area contributed by atoms with E-state index >= 15 is 0 Å². The molecule has 4 rings (SSSR count). The number of halogens is 3. The van der Waals surface area contributed by atoms with Crippen LogP contribution in [-0.4, -0.2) is 45.8 Å². The van der Waals surface area contributed by atoms with Crippen LogP contribution in [-0.2, 0) is 17.8 Å². The molecular formula is C18H14ClF2N3O5. The number of carbonyl (C=O) groups excluding carboxylic acids is 2. The minimum absolute atomic E-state index is 0.0859. The topological polar surface area (TPSA) is 101 Å². The van der Waals surface area contributed by atoms with E-state index in [2.05, 4.69) is 5.32 Å². The Kier molecular flexibility index (Phi) is 4.75. The monoisotopic (exact) mass is 425 g/mol. The van der Waals surface area contributed by atoms with Crippen LogP contribution >= 0.6 is 11.6 Å². The lowest BCUT2D eigenvalue weighted by Crippen LogP contribution is -2.46. The molecule has 2 amide bonds. The van der Waals surface area contributed by atoms with Crippen LogP contribution in [0.3, 0.4) is 0 Å². The van der Waals surface area contributed by atoms with Crippen LogP contribution in [0.1, 0.15) is 26.4 Å². The summed E-state index contributed by atoms with van der Waals surface area (Å²) < 4.78 is 33.9. The van der Waals surface area contributed by atoms with E-state index in [1.807, 2.05) is 0 Å². The SMILES string of the molecule is O=C(NCc1ccc(F)c(Cl)c1F)c1cn2c(c(O)c1=O)C(=O)N1CCO[C@@H]1C2. The summed E-state index contributed by atoms with van der Waals surface area (Å²) in [5.74, 6) is -4.28. The first-order valence-corrected chi connectivity index (χ1v) is 8.97. The van der Waals surface area contributed by atoms with Crippen LogP contribution in [0.25, 0.3) is 0 Å². The zero-order valence-corrected chi connectivity index (χ0v) is 15.5. The van der Waals surface area contributed by atoms with Gasteiger partial charge in [0.05, 0.1) is 13.2 Å². The molecule has 2 N–H and O–H groups in total. The summed E-state index contributed by atoms with van der Waals surface area (Å²) >= 11 is 5.50. The van der Waals surface area contributed by atoms with Gasteiger partial charge < -0.3 is 24.6 Å². The van der Waals surface area contributed by atoms with Crippen molar-refractivity contribution in [2.24, 2.45) is 0 Å². The summed E-state index contributed by atoms with van der Waals surface area (Å²) in [6.07, 6.45) is 0.598. The van der Waals surface area contributed by atoms with Gasteiger partial charge in [-0.2, -0.15) is 0 Å². The lowest BCUT2D eigenvalue weighted by molar-refractivity contribution is 0.00845. The standard InChI is InChI=1S/C18H14ClF2N3O5/c19-12-10(20)2-1-8(13(12)21)5-22-17(27)9-6-23-7-11-24(3-4-29-11)18(28)14(23)16(26)15(9)25/h1-2,6,11,26H,3-5,7H2,(H,22,27)/t11-/m1/s1. The largest absolute Gasteiger partial charge is 0.503 e. The normalized spacial score (nSPS) is 17.8. The highest BCUT2D eigenvalue weighted by atomic mass is 35.5. The van der Waals surface area contributed by atoms with Crippen LogP contribution < -0.4 is 10.7 Å². The number of benzene rings is 1. The second kappa shape index (κ2) is 7.12. The van der Waals surface area contributed by atoms with E-state index in [1.54, 1.807) is 0 Å². The predicted molar refractivity (Wildman–Crippen MR) is 95.7 cm³/mol. The smallest absolute Gasteiger partial charge is 0.276 e. The minimum Gasteiger partial charge on any atom is -0.503 e. The molecule has 0 unspecified atom stereocenters. The molecule has 29 heavy (non-hydrogen) atoms. The Morgan fingerprint density at radius 2 is 2.10 bits per heavy atom. The Morgan fingerprint density at radius 3 is 2.86 bits per heavy atom. The van der Waals surface area contributed by atoms with Gasteiger partial charge in [-0.3, -0.25) is 14.4 Å². The first-order valence-electron chi connectivity index (χ1n) is 8.59. The Bertz CT molecular complexity index is 1100. The molecule has 2 aliphatic heterocycles. The number of nitrogens with zero attached hydrogens (tertiary/aromatic N) is 2. The number of pyridine rings is 1. The van der Waals surface area contributed by atoms with E-state index in [0.29, 0.717) is 13.2 Å². The second-order valence-electron chi connectivity index (χ2n) is 6.56. The van der Waals surface area contributed by atoms with Crippen LogP contribution in [0.4, 0.5) is 8.78 Å². The van der Waals surface area contributed by atoms with Gasteiger partial charge in [-0.1, -0.05) is 17.7 Å². The molecule has 1 aromatic heterocycles. The number of nitrogens with one attached hydrogen (secondary N) is 1. The lowest BCUT2D eigenvalue weighted by atomic mass is 10.1. The van der Waals surface area contributed by atoms with Gasteiger partial charge in [0, 0.05) is 24.8 Å². The molecule has 2 aromatic rings. The molecule has 11 heteroatoms. The van der Waals surface area contributed by atoms with Crippen LogP contribution in [0.2, 0.25) is 5.02 Å². The van der Waals surface area contributed by atoms with Crippen molar-refractivity contribution in [2.45, 2.75) is 19.3 Å². The van der Waals surface area contributed by atoms with Gasteiger partial charge in [0.25, 0.3) is 11.8 Å². The Labute approximate surface area is 167 Å². The summed E-state index contributed by atoms with van der Waals surface area (Å²) in [7, 11) is 0. The fraction of sp³-hybridized carbons (Fsp3) is 0.278. The van der Waals surface area contributed by atoms with E-state index in [0.717, 1.165) is 18.3 Å². The van der Waals surface area contributed by atoms with Gasteiger partial charge in [-0.25, -0.2) is 8.78 Å². The van der Waals surface area contributed by atoms with Crippen molar-refractivity contribution in [3.05, 3.63) is 62.0 Å². The molecule has 152 valence electrons. The average molecular weight is 426 g/mol. The summed E-state index contributed by atoms with van der Waals surface area (Å²) in [4.78, 5) is 38.8. The van der Waals surface area contributed by atoms with Gasteiger partial charge in [-0.05, 0) is 6.07 Å². The summed E-state index contributed by atoms with van der Waals surface area (Å²) in [5, 5.41) is 11.9. The van der Waals surface area contributed by atoms with Crippen LogP contribution in [0.5, 0.6) is 5.75 Å². The van der Waals surface area contributed by atoms with Crippen molar-refractivity contribution in [1.82, 2.24) is 14.8 Å². The molecule has 0 saturated carbocycles. The van der Waals surface area contributed by atoms with Gasteiger partial charge in [0.15, 0.2) is 17.7 Å². The third kappa shape index (κ3) is 3.14. The first-order chi connectivity index (χ1) is 13.8. The number of hydrogen-bond acceptors (Lipinski definition) is 5. The maximum Gasteiger partial charge on any atom is 0.276 e. The van der Waals surface area contributed by atoms with Crippen molar-refractivity contribution >= 4 is 23.4 Å². The molecule has 0 aliphatic carbocycles. The predicted octanol–water partition coefficient (Wildman–Crippen LogP) is 1.23. The van der Waals surface area contributed by atoms with Crippen molar-refractivity contribution in [3.63, 3.8) is 0 Å². The molecular weight excluding hydrogens is 412 g/mol. The first kappa shape index (κ1) is 19.3. The molecule has 0 spiro atoms. The Hall–Kier alpha value is -2.98. The third-order valence-corrected chi connectivity index (χ3v) is 5.21. The Balaban J connectivity index is 1.62. The number of hydrogen-bond donors (Lipinski definition) is 2. The van der Waals surface area contributed by atoms with Crippen LogP contribution in [0, 0.1) is 11.6 Å². The van der Waals surface area contributed by atoms with Gasteiger partial charge in [0.2, 0.25) is 5.43 Å². The van der Waals surface area contributed by atoms with Gasteiger partial charge >= 0.3 is 0 Å². The molecule has 1 fully saturated rings. The molecule has 8 nitrogen and oxygen atoms in total. The zero-order chi connectivity index (χ0) is 20.9. The van der Waals surface area contributed by atoms with Crippen molar-refractivity contribution < 1.29 is 28.2 Å². The molecule has 3 heterocycles. The number of aromatic hydroxyl groups is 1. The second-order valence-corrected chi connectivity index (χ2v) is 6.94. The number of rotatable bonds is 3. The van der Waals surface area contributed by atoms with Crippen molar-refractivity contribution in [1.29, 1.82) is 0 Å². The minimum atomic E-state index is -1.03. The molecule has 1 saturated heterocycles. The maximum atomic E-state index is 14.0. The van der Waals surface area contributed by atoms with Gasteiger partial charge in [0.1, 0.15) is 22.2 Å². The number of aromatic nitrogens is 1.